The summed E-state index contributed by atoms with van der Waals surface area (Å²) in [5.41, 5.74) is 2.43. The number of nitrogens with zero attached hydrogens (tertiary/aromatic N) is 3. The van der Waals surface area contributed by atoms with Gasteiger partial charge in [0.2, 0.25) is 16.9 Å². The summed E-state index contributed by atoms with van der Waals surface area (Å²) in [4.78, 5) is 0. The minimum absolute atomic E-state index is 0.763. The van der Waals surface area contributed by atoms with Gasteiger partial charge in [-0.05, 0) is 24.3 Å². The molecule has 4 rings (SSSR count). The molecule has 0 aromatic heterocycles. The highest BCUT2D eigenvalue weighted by atomic mass is 31.2. The Bertz CT molecular complexity index is 604. The minimum Gasteiger partial charge on any atom is -0.325 e. The Kier molecular flexibility index (Phi) is 4.98. The third kappa shape index (κ3) is 3.15. The molecule has 7 heteroatoms. The third-order valence-electron chi connectivity index (χ3n) is 4.04. The van der Waals surface area contributed by atoms with Crippen LogP contribution in [0.5, 0.6) is 0 Å². The van der Waals surface area contributed by atoms with Gasteiger partial charge in [-0.1, -0.05) is 36.4 Å². The average Bonchev–Trinajstić information content (AvgIpc) is 3.32. The van der Waals surface area contributed by atoms with E-state index < -0.39 is 16.9 Å². The van der Waals surface area contributed by atoms with Crippen molar-refractivity contribution in [1.82, 2.24) is 4.44 Å². The van der Waals surface area contributed by atoms with Crippen molar-refractivity contribution in [2.24, 2.45) is 0 Å². The molecule has 2 aliphatic heterocycles. The van der Waals surface area contributed by atoms with E-state index in [1.807, 2.05) is 12.1 Å². The van der Waals surface area contributed by atoms with E-state index in [1.165, 1.54) is 11.4 Å². The van der Waals surface area contributed by atoms with Gasteiger partial charge in [-0.15, -0.1) is 0 Å². The van der Waals surface area contributed by atoms with E-state index in [0.29, 0.717) is 0 Å². The molecule has 2 aliphatic rings. The van der Waals surface area contributed by atoms with Crippen LogP contribution < -0.4 is 9.34 Å². The molecule has 2 atom stereocenters. The minimum atomic E-state index is -0.845. The van der Waals surface area contributed by atoms with Gasteiger partial charge in [-0.3, -0.25) is 0 Å². The quantitative estimate of drug-likeness (QED) is 0.751. The standard InChI is InChI=1S/C17H21N3O2P2/c1-18(23-19(12-14-21-23)16-8-4-2-5-9-16)24-20(13-15-22-24)17-10-6-3-7-11-17/h2-11H,12-15H2,1H3. The predicted octanol–water partition coefficient (Wildman–Crippen LogP) is 4.45. The second-order valence-corrected chi connectivity index (χ2v) is 9.59. The van der Waals surface area contributed by atoms with Crippen LogP contribution in [0.2, 0.25) is 0 Å². The topological polar surface area (TPSA) is 28.2 Å². The lowest BCUT2D eigenvalue weighted by Crippen LogP contribution is -2.24. The smallest absolute Gasteiger partial charge is 0.224 e. The van der Waals surface area contributed by atoms with Gasteiger partial charge in [0.25, 0.3) is 0 Å². The van der Waals surface area contributed by atoms with Crippen molar-refractivity contribution in [3.63, 3.8) is 0 Å². The highest BCUT2D eigenvalue weighted by Crippen LogP contribution is 2.64. The molecule has 0 spiro atoms. The molecule has 0 radical (unpaired) electrons. The Labute approximate surface area is 145 Å². The van der Waals surface area contributed by atoms with E-state index in [0.717, 1.165) is 26.3 Å². The molecule has 2 heterocycles. The fourth-order valence-corrected chi connectivity index (χ4v) is 7.24. The molecule has 0 amide bonds. The van der Waals surface area contributed by atoms with Crippen LogP contribution in [0.1, 0.15) is 0 Å². The molecule has 0 aliphatic carbocycles. The number of hydrogen-bond donors (Lipinski definition) is 0. The van der Waals surface area contributed by atoms with Gasteiger partial charge < -0.3 is 18.4 Å². The maximum Gasteiger partial charge on any atom is 0.224 e. The first-order valence-electron chi connectivity index (χ1n) is 8.09. The summed E-state index contributed by atoms with van der Waals surface area (Å²) in [5.74, 6) is 0. The van der Waals surface area contributed by atoms with Crippen LogP contribution in [0.3, 0.4) is 0 Å². The summed E-state index contributed by atoms with van der Waals surface area (Å²) in [6, 6.07) is 21.0. The first-order chi connectivity index (χ1) is 11.8. The molecule has 0 bridgehead atoms. The predicted molar refractivity (Wildman–Crippen MR) is 101 cm³/mol. The Morgan fingerprint density at radius 1 is 0.750 bits per heavy atom. The van der Waals surface area contributed by atoms with Crippen molar-refractivity contribution >= 4 is 28.3 Å². The highest BCUT2D eigenvalue weighted by molar-refractivity contribution is 7.67. The fourth-order valence-electron chi connectivity index (χ4n) is 2.93. The molecule has 0 N–H and O–H groups in total. The van der Waals surface area contributed by atoms with Gasteiger partial charge in [0, 0.05) is 31.5 Å². The molecule has 2 saturated heterocycles. The van der Waals surface area contributed by atoms with Crippen molar-refractivity contribution < 1.29 is 9.05 Å². The normalized spacial score (nSPS) is 24.1. The lowest BCUT2D eigenvalue weighted by Gasteiger charge is -2.36. The lowest BCUT2D eigenvalue weighted by molar-refractivity contribution is 0.364. The van der Waals surface area contributed by atoms with E-state index in [4.69, 9.17) is 9.05 Å². The molecule has 2 aromatic carbocycles. The molecule has 2 fully saturated rings. The van der Waals surface area contributed by atoms with E-state index in [-0.39, 0.29) is 0 Å². The Hall–Kier alpha value is -1.22. The summed E-state index contributed by atoms with van der Waals surface area (Å²) in [5, 5.41) is 0. The highest BCUT2D eigenvalue weighted by Gasteiger charge is 2.40. The molecular formula is C17H21N3O2P2. The SMILES string of the molecule is CN(P1OCCN1c1ccccc1)P1OCCN1c1ccccc1. The van der Waals surface area contributed by atoms with E-state index in [2.05, 4.69) is 69.4 Å². The van der Waals surface area contributed by atoms with Crippen LogP contribution in [0, 0.1) is 0 Å². The first kappa shape index (κ1) is 16.3. The first-order valence-corrected chi connectivity index (χ1v) is 10.4. The van der Waals surface area contributed by atoms with E-state index in [1.54, 1.807) is 0 Å². The number of para-hydroxylation sites is 2. The fraction of sp³-hybridized carbons (Fsp3) is 0.294. The molecular weight excluding hydrogens is 340 g/mol. The monoisotopic (exact) mass is 361 g/mol. The van der Waals surface area contributed by atoms with Gasteiger partial charge >= 0.3 is 0 Å². The molecule has 2 aromatic rings. The molecule has 2 unspecified atom stereocenters. The Balaban J connectivity index is 1.55. The van der Waals surface area contributed by atoms with Gasteiger partial charge in [0.05, 0.1) is 13.2 Å². The summed E-state index contributed by atoms with van der Waals surface area (Å²) >= 11 is 0. The zero-order valence-corrected chi connectivity index (χ0v) is 15.4. The summed E-state index contributed by atoms with van der Waals surface area (Å²) in [6.45, 7) is 3.38. The second kappa shape index (κ2) is 7.35. The van der Waals surface area contributed by atoms with Crippen molar-refractivity contribution in [2.75, 3.05) is 42.7 Å². The molecule has 5 nitrogen and oxygen atoms in total. The summed E-state index contributed by atoms with van der Waals surface area (Å²) in [7, 11) is 0.434. The third-order valence-corrected chi connectivity index (χ3v) is 8.46. The van der Waals surface area contributed by atoms with Crippen LogP contribution in [-0.2, 0) is 9.05 Å². The number of anilines is 2. The largest absolute Gasteiger partial charge is 0.325 e. The second-order valence-electron chi connectivity index (χ2n) is 5.58. The maximum atomic E-state index is 6.10. The molecule has 0 saturated carbocycles. The van der Waals surface area contributed by atoms with Crippen molar-refractivity contribution in [3.8, 4) is 0 Å². The lowest BCUT2D eigenvalue weighted by atomic mass is 10.3. The van der Waals surface area contributed by atoms with Crippen LogP contribution in [0.25, 0.3) is 0 Å². The average molecular weight is 361 g/mol. The zero-order chi connectivity index (χ0) is 16.4. The molecule has 24 heavy (non-hydrogen) atoms. The van der Waals surface area contributed by atoms with Gasteiger partial charge in [0.15, 0.2) is 0 Å². The van der Waals surface area contributed by atoms with Crippen LogP contribution in [0.4, 0.5) is 11.4 Å². The van der Waals surface area contributed by atoms with Gasteiger partial charge in [0.1, 0.15) is 0 Å². The van der Waals surface area contributed by atoms with Gasteiger partial charge in [-0.2, -0.15) is 4.44 Å². The van der Waals surface area contributed by atoms with Crippen LogP contribution in [0.15, 0.2) is 60.7 Å². The van der Waals surface area contributed by atoms with Crippen molar-refractivity contribution in [1.29, 1.82) is 0 Å². The number of hydrogen-bond acceptors (Lipinski definition) is 5. The van der Waals surface area contributed by atoms with Crippen LogP contribution >= 0.6 is 16.9 Å². The maximum absolute atomic E-state index is 6.10. The molecule has 126 valence electrons. The van der Waals surface area contributed by atoms with Crippen molar-refractivity contribution in [2.45, 2.75) is 0 Å². The zero-order valence-electron chi connectivity index (χ0n) is 13.7. The summed E-state index contributed by atoms with van der Waals surface area (Å²) < 4.78 is 19.2. The Morgan fingerprint density at radius 2 is 1.17 bits per heavy atom. The van der Waals surface area contributed by atoms with Crippen molar-refractivity contribution in [3.05, 3.63) is 60.7 Å². The summed E-state index contributed by atoms with van der Waals surface area (Å²) in [6.07, 6.45) is 0. The van der Waals surface area contributed by atoms with E-state index >= 15 is 0 Å². The van der Waals surface area contributed by atoms with E-state index in [9.17, 15) is 0 Å². The Morgan fingerprint density at radius 3 is 1.58 bits per heavy atom. The number of benzene rings is 2. The number of rotatable bonds is 4. The van der Waals surface area contributed by atoms with Crippen LogP contribution in [-0.4, -0.2) is 37.8 Å². The van der Waals surface area contributed by atoms with Gasteiger partial charge in [-0.25, -0.2) is 0 Å².